The van der Waals surface area contributed by atoms with Gasteiger partial charge in [-0.1, -0.05) is 30.3 Å². The van der Waals surface area contributed by atoms with E-state index >= 15 is 0 Å². The molecule has 6 nitrogen and oxygen atoms in total. The van der Waals surface area contributed by atoms with Crippen molar-refractivity contribution in [1.82, 2.24) is 4.90 Å². The van der Waals surface area contributed by atoms with Gasteiger partial charge in [0.05, 0.1) is 12.1 Å². The Morgan fingerprint density at radius 3 is 2.32 bits per heavy atom. The largest absolute Gasteiger partial charge is 0.441 e. The van der Waals surface area contributed by atoms with Crippen LogP contribution in [0.15, 0.2) is 48.5 Å². The summed E-state index contributed by atoms with van der Waals surface area (Å²) in [7, 11) is 0. The lowest BCUT2D eigenvalue weighted by molar-refractivity contribution is -0.133. The van der Waals surface area contributed by atoms with Crippen molar-refractivity contribution in [1.29, 1.82) is 0 Å². The third kappa shape index (κ3) is 4.76. The fraction of sp³-hybridized carbons (Fsp3) is 0.300. The molecular weight excluding hydrogens is 368 g/mol. The SMILES string of the molecule is NC(=O)OC(CC(=O)N1CCN(c2ccc(F)cc2F)CC1)c1ccccc1. The number of rotatable bonds is 5. The normalized spacial score (nSPS) is 15.2. The van der Waals surface area contributed by atoms with Crippen LogP contribution >= 0.6 is 0 Å². The standard InChI is InChI=1S/C20H21F2N3O3/c21-15-6-7-17(16(22)12-15)24-8-10-25(11-9-24)19(26)13-18(28-20(23)27)14-4-2-1-3-5-14/h1-7,12,18H,8-11,13H2,(H2,23,27). The van der Waals surface area contributed by atoms with E-state index in [-0.39, 0.29) is 12.3 Å². The quantitative estimate of drug-likeness (QED) is 0.853. The Morgan fingerprint density at radius 1 is 1.04 bits per heavy atom. The van der Waals surface area contributed by atoms with Crippen LogP contribution in [0.5, 0.6) is 0 Å². The number of anilines is 1. The van der Waals surface area contributed by atoms with E-state index in [9.17, 15) is 18.4 Å². The summed E-state index contributed by atoms with van der Waals surface area (Å²) in [5, 5.41) is 0. The lowest BCUT2D eigenvalue weighted by Crippen LogP contribution is -2.49. The lowest BCUT2D eigenvalue weighted by atomic mass is 10.1. The van der Waals surface area contributed by atoms with Crippen LogP contribution in [0.1, 0.15) is 18.1 Å². The summed E-state index contributed by atoms with van der Waals surface area (Å²) in [5.41, 5.74) is 6.13. The Kier molecular flexibility index (Phi) is 6.08. The third-order valence-corrected chi connectivity index (χ3v) is 4.67. The van der Waals surface area contributed by atoms with Gasteiger partial charge in [0.25, 0.3) is 0 Å². The van der Waals surface area contributed by atoms with Crippen LogP contribution in [0.2, 0.25) is 0 Å². The Bertz CT molecular complexity index is 840. The zero-order chi connectivity index (χ0) is 20.1. The van der Waals surface area contributed by atoms with Gasteiger partial charge < -0.3 is 20.3 Å². The molecule has 2 aromatic carbocycles. The first-order valence-corrected chi connectivity index (χ1v) is 8.93. The first kappa shape index (κ1) is 19.6. The molecule has 1 heterocycles. The van der Waals surface area contributed by atoms with Gasteiger partial charge in [-0.3, -0.25) is 4.79 Å². The van der Waals surface area contributed by atoms with Crippen LogP contribution in [0.4, 0.5) is 19.3 Å². The molecule has 0 saturated carbocycles. The minimum absolute atomic E-state index is 0.0299. The second kappa shape index (κ2) is 8.69. The van der Waals surface area contributed by atoms with Gasteiger partial charge in [-0.25, -0.2) is 13.6 Å². The van der Waals surface area contributed by atoms with Gasteiger partial charge in [-0.15, -0.1) is 0 Å². The Balaban J connectivity index is 1.61. The van der Waals surface area contributed by atoms with E-state index in [2.05, 4.69) is 0 Å². The molecule has 1 aliphatic heterocycles. The van der Waals surface area contributed by atoms with Crippen molar-refractivity contribution in [2.24, 2.45) is 5.73 Å². The van der Waals surface area contributed by atoms with Gasteiger partial charge in [0.15, 0.2) is 0 Å². The van der Waals surface area contributed by atoms with Crippen molar-refractivity contribution in [3.8, 4) is 0 Å². The maximum atomic E-state index is 13.9. The van der Waals surface area contributed by atoms with Crippen molar-refractivity contribution in [2.75, 3.05) is 31.1 Å². The molecule has 1 aliphatic rings. The smallest absolute Gasteiger partial charge is 0.405 e. The van der Waals surface area contributed by atoms with E-state index in [1.165, 1.54) is 12.1 Å². The molecule has 8 heteroatoms. The van der Waals surface area contributed by atoms with Crippen molar-refractivity contribution in [3.63, 3.8) is 0 Å². The minimum atomic E-state index is -0.946. The highest BCUT2D eigenvalue weighted by molar-refractivity contribution is 5.78. The second-order valence-electron chi connectivity index (χ2n) is 6.50. The lowest BCUT2D eigenvalue weighted by Gasteiger charge is -2.36. The molecule has 2 N–H and O–H groups in total. The molecule has 28 heavy (non-hydrogen) atoms. The maximum Gasteiger partial charge on any atom is 0.405 e. The fourth-order valence-electron chi connectivity index (χ4n) is 3.26. The van der Waals surface area contributed by atoms with Crippen LogP contribution in [0, 0.1) is 11.6 Å². The maximum absolute atomic E-state index is 13.9. The van der Waals surface area contributed by atoms with Crippen LogP contribution in [0.25, 0.3) is 0 Å². The highest BCUT2D eigenvalue weighted by atomic mass is 19.1. The molecule has 148 valence electrons. The summed E-state index contributed by atoms with van der Waals surface area (Å²) in [5.74, 6) is -1.44. The number of ether oxygens (including phenoxy) is 1. The number of halogens is 2. The molecule has 0 spiro atoms. The molecule has 1 saturated heterocycles. The monoisotopic (exact) mass is 389 g/mol. The predicted octanol–water partition coefficient (Wildman–Crippen LogP) is 2.84. The molecular formula is C20H21F2N3O3. The summed E-state index contributed by atoms with van der Waals surface area (Å²) in [6.45, 7) is 1.60. The van der Waals surface area contributed by atoms with Crippen molar-refractivity contribution in [2.45, 2.75) is 12.5 Å². The van der Waals surface area contributed by atoms with Gasteiger partial charge in [0.2, 0.25) is 5.91 Å². The highest BCUT2D eigenvalue weighted by Crippen LogP contribution is 2.24. The number of nitrogens with zero attached hydrogens (tertiary/aromatic N) is 2. The molecule has 0 aromatic heterocycles. The van der Waals surface area contributed by atoms with E-state index in [0.717, 1.165) is 6.07 Å². The number of hydrogen-bond acceptors (Lipinski definition) is 4. The van der Waals surface area contributed by atoms with Crippen LogP contribution in [-0.4, -0.2) is 43.1 Å². The highest BCUT2D eigenvalue weighted by Gasteiger charge is 2.26. The van der Waals surface area contributed by atoms with E-state index < -0.39 is 23.8 Å². The molecule has 0 radical (unpaired) electrons. The van der Waals surface area contributed by atoms with E-state index in [1.54, 1.807) is 34.1 Å². The number of benzene rings is 2. The first-order chi connectivity index (χ1) is 13.4. The second-order valence-corrected chi connectivity index (χ2v) is 6.50. The number of hydrogen-bond donors (Lipinski definition) is 1. The number of piperazine rings is 1. The molecule has 1 fully saturated rings. The zero-order valence-electron chi connectivity index (χ0n) is 15.2. The Labute approximate surface area is 161 Å². The summed E-state index contributed by atoms with van der Waals surface area (Å²) in [6, 6.07) is 12.4. The molecule has 0 bridgehead atoms. The topological polar surface area (TPSA) is 75.9 Å². The Morgan fingerprint density at radius 2 is 1.71 bits per heavy atom. The average molecular weight is 389 g/mol. The van der Waals surface area contributed by atoms with Crippen LogP contribution in [-0.2, 0) is 9.53 Å². The van der Waals surface area contributed by atoms with E-state index in [0.29, 0.717) is 37.4 Å². The fourth-order valence-corrected chi connectivity index (χ4v) is 3.26. The summed E-state index contributed by atoms with van der Waals surface area (Å²) < 4.78 is 32.1. The average Bonchev–Trinajstić information content (AvgIpc) is 2.68. The summed E-state index contributed by atoms with van der Waals surface area (Å²) >= 11 is 0. The number of primary amides is 1. The Hall–Kier alpha value is -3.16. The van der Waals surface area contributed by atoms with Gasteiger partial charge in [0.1, 0.15) is 17.7 Å². The number of carbonyl (C=O) groups is 2. The molecule has 0 aliphatic carbocycles. The molecule has 2 amide bonds. The van der Waals surface area contributed by atoms with Gasteiger partial charge in [-0.05, 0) is 17.7 Å². The third-order valence-electron chi connectivity index (χ3n) is 4.67. The molecule has 1 atom stereocenters. The zero-order valence-corrected chi connectivity index (χ0v) is 15.2. The van der Waals surface area contributed by atoms with Gasteiger partial charge >= 0.3 is 6.09 Å². The molecule has 3 rings (SSSR count). The number of carbonyl (C=O) groups excluding carboxylic acids is 2. The van der Waals surface area contributed by atoms with E-state index in [1.807, 2.05) is 6.07 Å². The van der Waals surface area contributed by atoms with Gasteiger partial charge in [0, 0.05) is 32.2 Å². The van der Waals surface area contributed by atoms with E-state index in [4.69, 9.17) is 10.5 Å². The predicted molar refractivity (Wildman–Crippen MR) is 99.6 cm³/mol. The van der Waals surface area contributed by atoms with Gasteiger partial charge in [-0.2, -0.15) is 0 Å². The molecule has 1 unspecified atom stereocenters. The minimum Gasteiger partial charge on any atom is -0.441 e. The number of amides is 2. The van der Waals surface area contributed by atoms with Crippen molar-refractivity contribution in [3.05, 3.63) is 65.7 Å². The number of nitrogens with two attached hydrogens (primary N) is 1. The molecule has 2 aromatic rings. The summed E-state index contributed by atoms with van der Waals surface area (Å²) in [6.07, 6.45) is -1.74. The first-order valence-electron chi connectivity index (χ1n) is 8.93. The summed E-state index contributed by atoms with van der Waals surface area (Å²) in [4.78, 5) is 27.3. The van der Waals surface area contributed by atoms with Crippen molar-refractivity contribution < 1.29 is 23.1 Å². The van der Waals surface area contributed by atoms with Crippen LogP contribution in [0.3, 0.4) is 0 Å². The van der Waals surface area contributed by atoms with Crippen LogP contribution < -0.4 is 10.6 Å². The van der Waals surface area contributed by atoms with Crippen molar-refractivity contribution >= 4 is 17.7 Å².